The summed E-state index contributed by atoms with van der Waals surface area (Å²) in [6, 6.07) is 69.9. The van der Waals surface area contributed by atoms with Gasteiger partial charge in [-0.05, 0) is 79.5 Å². The summed E-state index contributed by atoms with van der Waals surface area (Å²) in [5.74, 6) is 1.84. The van der Waals surface area contributed by atoms with Crippen molar-refractivity contribution in [2.45, 2.75) is 5.41 Å². The third-order valence-electron chi connectivity index (χ3n) is 10.8. The summed E-state index contributed by atoms with van der Waals surface area (Å²) in [6.45, 7) is 0. The summed E-state index contributed by atoms with van der Waals surface area (Å²) in [7, 11) is 0. The highest BCUT2D eigenvalue weighted by Crippen LogP contribution is 2.57. The maximum Gasteiger partial charge on any atom is 0.164 e. The molecule has 1 aliphatic rings. The quantitative estimate of drug-likeness (QED) is 0.173. The van der Waals surface area contributed by atoms with Crippen molar-refractivity contribution in [3.05, 3.63) is 222 Å². The maximum atomic E-state index is 9.98. The molecule has 0 radical (unpaired) electrons. The zero-order valence-corrected chi connectivity index (χ0v) is 29.8. The number of benzene rings is 8. The molecular formula is C51H32N4. The van der Waals surface area contributed by atoms with Crippen molar-refractivity contribution in [3.8, 4) is 62.5 Å². The molecule has 8 aromatic carbocycles. The van der Waals surface area contributed by atoms with E-state index in [-0.39, 0.29) is 0 Å². The lowest BCUT2D eigenvalue weighted by Gasteiger charge is -2.34. The Kier molecular flexibility index (Phi) is 7.71. The second-order valence-electron chi connectivity index (χ2n) is 13.9. The van der Waals surface area contributed by atoms with Gasteiger partial charge in [0.15, 0.2) is 17.5 Å². The highest BCUT2D eigenvalue weighted by molar-refractivity contribution is 5.91. The largest absolute Gasteiger partial charge is 0.208 e. The Morgan fingerprint density at radius 3 is 1.65 bits per heavy atom. The van der Waals surface area contributed by atoms with E-state index in [2.05, 4.69) is 152 Å². The van der Waals surface area contributed by atoms with E-state index in [4.69, 9.17) is 15.0 Å². The standard InChI is InChI=1S/C51H32N4/c52-33-34-24-29-46-45(30-34)43-28-27-38(32-47(43)51(46,40-18-6-2-7-19-40)41-20-8-3-9-21-41)42-22-12-13-23-44(42)50-54-48(36-15-4-1-5-16-36)53-49(55-50)39-26-25-35-14-10-11-17-37(35)31-39/h1-32H. The van der Waals surface area contributed by atoms with E-state index < -0.39 is 5.41 Å². The molecule has 4 heteroatoms. The van der Waals surface area contributed by atoms with Crippen molar-refractivity contribution in [2.24, 2.45) is 0 Å². The molecule has 0 aliphatic heterocycles. The molecule has 0 amide bonds. The molecule has 1 aromatic heterocycles. The first-order valence-electron chi connectivity index (χ1n) is 18.4. The van der Waals surface area contributed by atoms with E-state index in [0.717, 1.165) is 49.9 Å². The molecule has 4 nitrogen and oxygen atoms in total. The zero-order chi connectivity index (χ0) is 36.8. The maximum absolute atomic E-state index is 9.98. The minimum absolute atomic E-state index is 0.604. The van der Waals surface area contributed by atoms with E-state index in [1.807, 2.05) is 48.5 Å². The number of nitrogens with zero attached hydrogens (tertiary/aromatic N) is 4. The SMILES string of the molecule is N#Cc1ccc2c(c1)-c1ccc(-c3ccccc3-c3nc(-c4ccccc4)nc(-c4ccc5ccccc5c4)n3)cc1C2(c1ccccc1)c1ccccc1. The molecule has 0 spiro atoms. The lowest BCUT2D eigenvalue weighted by Crippen LogP contribution is -2.28. The van der Waals surface area contributed by atoms with Crippen LogP contribution in [0.25, 0.3) is 67.2 Å². The Hall–Kier alpha value is -7.48. The molecule has 0 fully saturated rings. The van der Waals surface area contributed by atoms with Gasteiger partial charge < -0.3 is 0 Å². The van der Waals surface area contributed by atoms with Gasteiger partial charge in [-0.25, -0.2) is 15.0 Å². The van der Waals surface area contributed by atoms with E-state index in [9.17, 15) is 5.26 Å². The number of fused-ring (bicyclic) bond motifs is 4. The van der Waals surface area contributed by atoms with Crippen LogP contribution in [0.15, 0.2) is 194 Å². The molecule has 0 N–H and O–H groups in total. The Bertz CT molecular complexity index is 2890. The summed E-state index contributed by atoms with van der Waals surface area (Å²) in [4.78, 5) is 15.4. The third-order valence-corrected chi connectivity index (χ3v) is 10.8. The Labute approximate surface area is 319 Å². The smallest absolute Gasteiger partial charge is 0.164 e. The van der Waals surface area contributed by atoms with Crippen molar-refractivity contribution in [1.82, 2.24) is 15.0 Å². The molecule has 0 saturated heterocycles. The van der Waals surface area contributed by atoms with E-state index in [1.54, 1.807) is 0 Å². The van der Waals surface area contributed by atoms with Crippen molar-refractivity contribution in [3.63, 3.8) is 0 Å². The summed E-state index contributed by atoms with van der Waals surface area (Å²) in [5.41, 5.74) is 11.7. The highest BCUT2D eigenvalue weighted by atomic mass is 15.0. The second-order valence-corrected chi connectivity index (χ2v) is 13.9. The topological polar surface area (TPSA) is 62.5 Å². The Balaban J connectivity index is 1.20. The molecular weight excluding hydrogens is 669 g/mol. The summed E-state index contributed by atoms with van der Waals surface area (Å²) in [6.07, 6.45) is 0. The number of aromatic nitrogens is 3. The molecule has 55 heavy (non-hydrogen) atoms. The zero-order valence-electron chi connectivity index (χ0n) is 29.8. The number of hydrogen-bond donors (Lipinski definition) is 0. The fourth-order valence-electron chi connectivity index (χ4n) is 8.33. The first-order valence-corrected chi connectivity index (χ1v) is 18.4. The van der Waals surface area contributed by atoms with E-state index >= 15 is 0 Å². The van der Waals surface area contributed by atoms with Crippen LogP contribution >= 0.6 is 0 Å². The molecule has 0 bridgehead atoms. The van der Waals surface area contributed by atoms with Crippen molar-refractivity contribution >= 4 is 10.8 Å². The van der Waals surface area contributed by atoms with E-state index in [0.29, 0.717) is 23.0 Å². The van der Waals surface area contributed by atoms with Crippen LogP contribution in [0.3, 0.4) is 0 Å². The van der Waals surface area contributed by atoms with Crippen LogP contribution in [0, 0.1) is 11.3 Å². The third kappa shape index (κ3) is 5.33. The van der Waals surface area contributed by atoms with Gasteiger partial charge in [0.1, 0.15) is 0 Å². The highest BCUT2D eigenvalue weighted by Gasteiger charge is 2.46. The number of nitriles is 1. The molecule has 0 atom stereocenters. The van der Waals surface area contributed by atoms with Crippen LogP contribution in [0.5, 0.6) is 0 Å². The van der Waals surface area contributed by atoms with Gasteiger partial charge in [0, 0.05) is 16.7 Å². The average molecular weight is 701 g/mol. The van der Waals surface area contributed by atoms with Crippen LogP contribution < -0.4 is 0 Å². The van der Waals surface area contributed by atoms with Gasteiger partial charge in [-0.3, -0.25) is 0 Å². The lowest BCUT2D eigenvalue weighted by molar-refractivity contribution is 0.768. The summed E-state index contributed by atoms with van der Waals surface area (Å²) >= 11 is 0. The molecule has 9 aromatic rings. The molecule has 256 valence electrons. The van der Waals surface area contributed by atoms with E-state index in [1.165, 1.54) is 22.1 Å². The predicted molar refractivity (Wildman–Crippen MR) is 221 cm³/mol. The van der Waals surface area contributed by atoms with Gasteiger partial charge in [-0.15, -0.1) is 0 Å². The van der Waals surface area contributed by atoms with Gasteiger partial charge in [-0.2, -0.15) is 5.26 Å². The van der Waals surface area contributed by atoms with Crippen molar-refractivity contribution in [1.29, 1.82) is 5.26 Å². The molecule has 10 rings (SSSR count). The van der Waals surface area contributed by atoms with Crippen LogP contribution in [0.2, 0.25) is 0 Å². The van der Waals surface area contributed by atoms with Crippen LogP contribution in [0.4, 0.5) is 0 Å². The minimum atomic E-state index is -0.608. The Morgan fingerprint density at radius 2 is 0.945 bits per heavy atom. The number of hydrogen-bond acceptors (Lipinski definition) is 4. The van der Waals surface area contributed by atoms with Crippen molar-refractivity contribution < 1.29 is 0 Å². The average Bonchev–Trinajstić information content (AvgIpc) is 3.56. The molecule has 1 aliphatic carbocycles. The molecule has 1 heterocycles. The van der Waals surface area contributed by atoms with Gasteiger partial charge in [0.05, 0.1) is 17.0 Å². The monoisotopic (exact) mass is 700 g/mol. The lowest BCUT2D eigenvalue weighted by atomic mass is 9.67. The van der Waals surface area contributed by atoms with Crippen molar-refractivity contribution in [2.75, 3.05) is 0 Å². The minimum Gasteiger partial charge on any atom is -0.208 e. The normalized spacial score (nSPS) is 12.5. The summed E-state index contributed by atoms with van der Waals surface area (Å²) in [5, 5.41) is 12.3. The van der Waals surface area contributed by atoms with Crippen LogP contribution in [0.1, 0.15) is 27.8 Å². The van der Waals surface area contributed by atoms with Gasteiger partial charge in [0.25, 0.3) is 0 Å². The molecule has 0 unspecified atom stereocenters. The van der Waals surface area contributed by atoms with Crippen LogP contribution in [-0.2, 0) is 5.41 Å². The number of rotatable bonds is 6. The van der Waals surface area contributed by atoms with Crippen LogP contribution in [-0.4, -0.2) is 15.0 Å². The van der Waals surface area contributed by atoms with Gasteiger partial charge in [0.2, 0.25) is 0 Å². The fourth-order valence-corrected chi connectivity index (χ4v) is 8.33. The summed E-state index contributed by atoms with van der Waals surface area (Å²) < 4.78 is 0. The fraction of sp³-hybridized carbons (Fsp3) is 0.0196. The molecule has 0 saturated carbocycles. The first-order chi connectivity index (χ1) is 27.2. The Morgan fingerprint density at radius 1 is 0.364 bits per heavy atom. The van der Waals surface area contributed by atoms with Gasteiger partial charge >= 0.3 is 0 Å². The predicted octanol–water partition coefficient (Wildman–Crippen LogP) is 11.9. The first kappa shape index (κ1) is 32.2. The second kappa shape index (κ2) is 13.2. The van der Waals surface area contributed by atoms with Gasteiger partial charge in [-0.1, -0.05) is 170 Å².